The zero-order valence-electron chi connectivity index (χ0n) is 12.6. The van der Waals surface area contributed by atoms with E-state index in [1.54, 1.807) is 12.2 Å². The molecular formula is C15H12F4N2O3S. The Labute approximate surface area is 140 Å². The Kier molecular flexibility index (Phi) is 4.40. The third-order valence-corrected chi connectivity index (χ3v) is 4.74. The fourth-order valence-electron chi connectivity index (χ4n) is 2.47. The van der Waals surface area contributed by atoms with Gasteiger partial charge in [-0.3, -0.25) is 4.99 Å². The maximum absolute atomic E-state index is 13.0. The molecule has 0 saturated heterocycles. The zero-order chi connectivity index (χ0) is 18.2. The van der Waals surface area contributed by atoms with Crippen molar-refractivity contribution in [2.24, 2.45) is 15.9 Å². The molecule has 2 heterocycles. The van der Waals surface area contributed by atoms with Gasteiger partial charge in [0.2, 0.25) is 0 Å². The molecule has 0 aromatic carbocycles. The van der Waals surface area contributed by atoms with Crippen molar-refractivity contribution in [2.75, 3.05) is 0 Å². The minimum Gasteiger partial charge on any atom is -0.376 e. The molecule has 10 heteroatoms. The molecule has 0 radical (unpaired) electrons. The maximum atomic E-state index is 13.0. The molecule has 2 aliphatic heterocycles. The first-order chi connectivity index (χ1) is 11.7. The largest absolute Gasteiger partial charge is 0.534 e. The minimum atomic E-state index is -5.73. The van der Waals surface area contributed by atoms with Crippen molar-refractivity contribution in [1.29, 1.82) is 0 Å². The smallest absolute Gasteiger partial charge is 0.376 e. The summed E-state index contributed by atoms with van der Waals surface area (Å²) in [7, 11) is -5.73. The van der Waals surface area contributed by atoms with Gasteiger partial charge in [-0.15, -0.1) is 0 Å². The molecule has 0 aromatic rings. The van der Waals surface area contributed by atoms with Gasteiger partial charge >= 0.3 is 15.6 Å². The highest BCUT2D eigenvalue weighted by molar-refractivity contribution is 7.87. The predicted molar refractivity (Wildman–Crippen MR) is 82.8 cm³/mol. The Balaban J connectivity index is 1.84. The van der Waals surface area contributed by atoms with E-state index in [4.69, 9.17) is 0 Å². The minimum absolute atomic E-state index is 0.152. The van der Waals surface area contributed by atoms with Crippen LogP contribution >= 0.6 is 0 Å². The first-order valence-electron chi connectivity index (χ1n) is 7.27. The highest BCUT2D eigenvalue weighted by Gasteiger charge is 2.48. The third kappa shape index (κ3) is 3.73. The van der Waals surface area contributed by atoms with Crippen molar-refractivity contribution in [3.63, 3.8) is 0 Å². The van der Waals surface area contributed by atoms with E-state index < -0.39 is 27.4 Å². The van der Waals surface area contributed by atoms with Crippen molar-refractivity contribution in [3.05, 3.63) is 47.5 Å². The number of hydrogen-bond donors (Lipinski definition) is 0. The molecule has 5 nitrogen and oxygen atoms in total. The van der Waals surface area contributed by atoms with Crippen LogP contribution in [0.2, 0.25) is 0 Å². The molecule has 3 aliphatic rings. The van der Waals surface area contributed by atoms with Crippen LogP contribution in [0.5, 0.6) is 0 Å². The van der Waals surface area contributed by atoms with Crippen LogP contribution in [-0.4, -0.2) is 25.6 Å². The fraction of sp³-hybridized carbons (Fsp3) is 0.333. The van der Waals surface area contributed by atoms with Gasteiger partial charge in [0.25, 0.3) is 0 Å². The van der Waals surface area contributed by atoms with Gasteiger partial charge in [0, 0.05) is 24.6 Å². The van der Waals surface area contributed by atoms with Crippen molar-refractivity contribution in [3.8, 4) is 0 Å². The van der Waals surface area contributed by atoms with Crippen LogP contribution in [0.1, 0.15) is 19.3 Å². The highest BCUT2D eigenvalue weighted by Crippen LogP contribution is 2.34. The van der Waals surface area contributed by atoms with Crippen LogP contribution < -0.4 is 0 Å². The summed E-state index contributed by atoms with van der Waals surface area (Å²) in [6.45, 7) is 0. The Bertz CT molecular complexity index is 877. The highest BCUT2D eigenvalue weighted by atomic mass is 32.2. The van der Waals surface area contributed by atoms with E-state index in [1.165, 1.54) is 12.3 Å². The average Bonchev–Trinajstić information content (AvgIpc) is 2.53. The van der Waals surface area contributed by atoms with Crippen LogP contribution in [0.4, 0.5) is 17.6 Å². The number of alkyl halides is 3. The maximum Gasteiger partial charge on any atom is 0.534 e. The topological polar surface area (TPSA) is 68.1 Å². The van der Waals surface area contributed by atoms with Gasteiger partial charge in [-0.05, 0) is 30.6 Å². The standard InChI is InChI=1S/C15H12F4N2O3S/c16-14-6-3-10(8-20-14)12-5-2-9-1-4-11(7-13(9)21-12)24-25(22,23)15(17,18)19/h2,4-5,7-9H,1,3,6H2/t9-/m0/s1. The number of fused-ring (bicyclic) bond motifs is 1. The molecule has 134 valence electrons. The molecule has 1 atom stereocenters. The molecule has 25 heavy (non-hydrogen) atoms. The van der Waals surface area contributed by atoms with Crippen LogP contribution in [-0.2, 0) is 14.3 Å². The summed E-state index contributed by atoms with van der Waals surface area (Å²) in [5, 5.41) is 0. The quantitative estimate of drug-likeness (QED) is 0.429. The monoisotopic (exact) mass is 376 g/mol. The van der Waals surface area contributed by atoms with E-state index in [2.05, 4.69) is 14.2 Å². The number of nitrogens with zero attached hydrogens (tertiary/aromatic N) is 2. The summed E-state index contributed by atoms with van der Waals surface area (Å²) in [5.74, 6) is -1.09. The summed E-state index contributed by atoms with van der Waals surface area (Å²) in [4.78, 5) is 7.92. The average molecular weight is 376 g/mol. The van der Waals surface area contributed by atoms with Gasteiger partial charge in [0.15, 0.2) is 5.97 Å². The summed E-state index contributed by atoms with van der Waals surface area (Å²) in [5.41, 5.74) is -3.92. The van der Waals surface area contributed by atoms with Gasteiger partial charge in [0.1, 0.15) is 5.76 Å². The summed E-state index contributed by atoms with van der Waals surface area (Å²) < 4.78 is 76.5. The van der Waals surface area contributed by atoms with Gasteiger partial charge in [-0.1, -0.05) is 6.08 Å². The second-order valence-electron chi connectivity index (χ2n) is 5.52. The fourth-order valence-corrected chi connectivity index (χ4v) is 2.94. The summed E-state index contributed by atoms with van der Waals surface area (Å²) in [6, 6.07) is 0. The lowest BCUT2D eigenvalue weighted by atomic mass is 9.91. The Morgan fingerprint density at radius 3 is 2.64 bits per heavy atom. The van der Waals surface area contributed by atoms with E-state index in [-0.39, 0.29) is 18.8 Å². The lowest BCUT2D eigenvalue weighted by Gasteiger charge is -2.23. The number of hydrogen-bond acceptors (Lipinski definition) is 5. The number of rotatable bonds is 3. The predicted octanol–water partition coefficient (Wildman–Crippen LogP) is 3.70. The molecule has 1 aliphatic carbocycles. The van der Waals surface area contributed by atoms with E-state index in [9.17, 15) is 26.0 Å². The number of halogens is 4. The summed E-state index contributed by atoms with van der Waals surface area (Å²) >= 11 is 0. The Hall–Kier alpha value is -2.23. The number of allylic oxidation sites excluding steroid dienone is 5. The van der Waals surface area contributed by atoms with Crippen LogP contribution in [0.15, 0.2) is 57.5 Å². The molecule has 0 aromatic heterocycles. The first kappa shape index (κ1) is 17.6. The van der Waals surface area contributed by atoms with Gasteiger partial charge in [0.05, 0.1) is 11.4 Å². The van der Waals surface area contributed by atoms with E-state index in [0.717, 1.165) is 6.08 Å². The molecule has 0 amide bonds. The summed E-state index contributed by atoms with van der Waals surface area (Å²) in [6.07, 6.45) is 8.13. The van der Waals surface area contributed by atoms with Gasteiger partial charge < -0.3 is 4.18 Å². The molecular weight excluding hydrogens is 364 g/mol. The van der Waals surface area contributed by atoms with Crippen molar-refractivity contribution >= 4 is 21.8 Å². The zero-order valence-corrected chi connectivity index (χ0v) is 13.4. The lowest BCUT2D eigenvalue weighted by molar-refractivity contribution is -0.0520. The molecule has 0 bridgehead atoms. The third-order valence-electron chi connectivity index (χ3n) is 3.76. The van der Waals surface area contributed by atoms with Crippen molar-refractivity contribution in [1.82, 2.24) is 0 Å². The normalized spacial score (nSPS) is 23.7. The van der Waals surface area contributed by atoms with E-state index >= 15 is 0 Å². The molecule has 0 unspecified atom stereocenters. The van der Waals surface area contributed by atoms with Crippen molar-refractivity contribution < 1.29 is 30.2 Å². The van der Waals surface area contributed by atoms with Crippen LogP contribution in [0.3, 0.4) is 0 Å². The molecule has 0 spiro atoms. The second-order valence-corrected chi connectivity index (χ2v) is 7.05. The number of aliphatic imine (C=N–C) groups is 2. The van der Waals surface area contributed by atoms with Crippen LogP contribution in [0, 0.1) is 5.92 Å². The van der Waals surface area contributed by atoms with Crippen molar-refractivity contribution in [2.45, 2.75) is 24.8 Å². The van der Waals surface area contributed by atoms with Crippen LogP contribution in [0.25, 0.3) is 0 Å². The number of dihydropyridines is 1. The molecule has 0 saturated carbocycles. The SMILES string of the molecule is O=S(=O)(OC1=CC[C@H]2C=CC(C3=CN=C(F)CC3)=NC2=C1)C(F)(F)F. The van der Waals surface area contributed by atoms with Gasteiger partial charge in [-0.25, -0.2) is 4.99 Å². The van der Waals surface area contributed by atoms with Gasteiger partial charge in [-0.2, -0.15) is 26.0 Å². The van der Waals surface area contributed by atoms with E-state index in [0.29, 0.717) is 23.4 Å². The second kappa shape index (κ2) is 6.25. The van der Waals surface area contributed by atoms with E-state index in [1.807, 2.05) is 0 Å². The first-order valence-corrected chi connectivity index (χ1v) is 8.67. The molecule has 3 rings (SSSR count). The lowest BCUT2D eigenvalue weighted by Crippen LogP contribution is -2.25. The molecule has 0 N–H and O–H groups in total. The Morgan fingerprint density at radius 1 is 1.24 bits per heavy atom. The molecule has 0 fully saturated rings. The Morgan fingerprint density at radius 2 is 2.00 bits per heavy atom.